The molecule has 11 heavy (non-hydrogen) atoms. The van der Waals surface area contributed by atoms with Gasteiger partial charge in [-0.1, -0.05) is 0 Å². The van der Waals surface area contributed by atoms with Crippen LogP contribution in [0.4, 0.5) is 0 Å². The molecule has 0 heterocycles. The molecule has 0 fully saturated rings. The fourth-order valence-electron chi connectivity index (χ4n) is 0.792. The number of ether oxygens (including phenoxy) is 1. The molecule has 0 bridgehead atoms. The van der Waals surface area contributed by atoms with E-state index in [4.69, 9.17) is 15.7 Å². The van der Waals surface area contributed by atoms with Crippen molar-refractivity contribution in [2.45, 2.75) is 5.54 Å². The molecule has 5 nitrogen and oxygen atoms in total. The fourth-order valence-corrected chi connectivity index (χ4v) is 0.792. The molecule has 1 unspecified atom stereocenters. The normalized spacial score (nSPS) is 16.4. The van der Waals surface area contributed by atoms with Crippen LogP contribution in [0.15, 0.2) is 0 Å². The molecule has 0 aliphatic carbocycles. The standard InChI is InChI=1S/C6H16N2O3/c1-8-6(3-9,4-10-2)5-11-7/h8-9H,3-5,7H2,1-2H3. The second-order valence-electron chi connectivity index (χ2n) is 2.43. The molecule has 0 radical (unpaired) electrons. The Kier molecular flexibility index (Phi) is 5.35. The molecule has 68 valence electrons. The smallest absolute Gasteiger partial charge is 0.0906 e. The Hall–Kier alpha value is -0.200. The van der Waals surface area contributed by atoms with Gasteiger partial charge in [0.25, 0.3) is 0 Å². The SMILES string of the molecule is CNC(CO)(COC)CON. The van der Waals surface area contributed by atoms with Crippen molar-refractivity contribution in [3.8, 4) is 0 Å². The average Bonchev–Trinajstić information content (AvgIpc) is 2.04. The number of nitrogens with two attached hydrogens (primary N) is 1. The van der Waals surface area contributed by atoms with Gasteiger partial charge in [0, 0.05) is 7.11 Å². The van der Waals surface area contributed by atoms with Crippen LogP contribution >= 0.6 is 0 Å². The summed E-state index contributed by atoms with van der Waals surface area (Å²) in [6.45, 7) is 0.500. The minimum Gasteiger partial charge on any atom is -0.394 e. The van der Waals surface area contributed by atoms with Crippen LogP contribution in [0.1, 0.15) is 0 Å². The molecule has 1 atom stereocenters. The first-order chi connectivity index (χ1) is 5.24. The molecule has 0 aromatic carbocycles. The maximum absolute atomic E-state index is 8.96. The number of aliphatic hydroxyl groups excluding tert-OH is 1. The predicted molar refractivity (Wildman–Crippen MR) is 40.9 cm³/mol. The molecule has 0 aliphatic rings. The Morgan fingerprint density at radius 1 is 1.55 bits per heavy atom. The van der Waals surface area contributed by atoms with Gasteiger partial charge in [-0.05, 0) is 7.05 Å². The van der Waals surface area contributed by atoms with Crippen LogP contribution in [0.2, 0.25) is 0 Å². The van der Waals surface area contributed by atoms with E-state index in [1.165, 1.54) is 0 Å². The molecular weight excluding hydrogens is 148 g/mol. The summed E-state index contributed by atoms with van der Waals surface area (Å²) in [7, 11) is 3.27. The van der Waals surface area contributed by atoms with Crippen LogP contribution in [-0.4, -0.2) is 44.6 Å². The number of likely N-dealkylation sites (N-methyl/N-ethyl adjacent to an activating group) is 1. The molecule has 0 aromatic rings. The number of aliphatic hydroxyl groups is 1. The van der Waals surface area contributed by atoms with Crippen molar-refractivity contribution in [1.82, 2.24) is 5.32 Å². The van der Waals surface area contributed by atoms with Gasteiger partial charge in [-0.25, -0.2) is 5.90 Å². The summed E-state index contributed by atoms with van der Waals surface area (Å²) in [5, 5.41) is 11.8. The first-order valence-electron chi connectivity index (χ1n) is 3.35. The molecule has 0 rings (SSSR count). The number of nitrogens with one attached hydrogen (secondary N) is 1. The highest BCUT2D eigenvalue weighted by Crippen LogP contribution is 2.02. The average molecular weight is 164 g/mol. The second kappa shape index (κ2) is 5.45. The van der Waals surface area contributed by atoms with Gasteiger partial charge in [0.15, 0.2) is 0 Å². The zero-order valence-electron chi connectivity index (χ0n) is 6.96. The molecule has 0 saturated heterocycles. The van der Waals surface area contributed by atoms with Crippen LogP contribution in [0.3, 0.4) is 0 Å². The summed E-state index contributed by atoms with van der Waals surface area (Å²) in [4.78, 5) is 4.44. The van der Waals surface area contributed by atoms with E-state index >= 15 is 0 Å². The predicted octanol–water partition coefficient (Wildman–Crippen LogP) is -1.53. The number of hydrogen-bond donors (Lipinski definition) is 3. The number of methoxy groups -OCH3 is 1. The van der Waals surface area contributed by atoms with Crippen LogP contribution < -0.4 is 11.2 Å². The van der Waals surface area contributed by atoms with Crippen molar-refractivity contribution < 1.29 is 14.7 Å². The summed E-state index contributed by atoms with van der Waals surface area (Å²) >= 11 is 0. The highest BCUT2D eigenvalue weighted by Gasteiger charge is 2.27. The lowest BCUT2D eigenvalue weighted by Gasteiger charge is -2.29. The number of rotatable bonds is 6. The van der Waals surface area contributed by atoms with Crippen molar-refractivity contribution in [1.29, 1.82) is 0 Å². The van der Waals surface area contributed by atoms with Crippen LogP contribution in [0.25, 0.3) is 0 Å². The van der Waals surface area contributed by atoms with Gasteiger partial charge in [-0.3, -0.25) is 0 Å². The summed E-state index contributed by atoms with van der Waals surface area (Å²) in [5.74, 6) is 4.89. The van der Waals surface area contributed by atoms with Crippen LogP contribution in [-0.2, 0) is 9.57 Å². The van der Waals surface area contributed by atoms with Gasteiger partial charge < -0.3 is 20.0 Å². The first-order valence-corrected chi connectivity index (χ1v) is 3.35. The Bertz CT molecular complexity index is 87.8. The van der Waals surface area contributed by atoms with Crippen molar-refractivity contribution in [2.75, 3.05) is 34.0 Å². The summed E-state index contributed by atoms with van der Waals surface area (Å²) < 4.78 is 4.88. The van der Waals surface area contributed by atoms with Crippen molar-refractivity contribution in [3.05, 3.63) is 0 Å². The largest absolute Gasteiger partial charge is 0.394 e. The highest BCUT2D eigenvalue weighted by atomic mass is 16.6. The molecule has 0 saturated carbocycles. The van der Waals surface area contributed by atoms with Gasteiger partial charge in [0.2, 0.25) is 0 Å². The second-order valence-corrected chi connectivity index (χ2v) is 2.43. The molecule has 0 spiro atoms. The summed E-state index contributed by atoms with van der Waals surface area (Å²) in [5.41, 5.74) is -0.580. The molecule has 4 N–H and O–H groups in total. The minimum absolute atomic E-state index is 0.0749. The molecule has 0 aromatic heterocycles. The van der Waals surface area contributed by atoms with Crippen molar-refractivity contribution >= 4 is 0 Å². The van der Waals surface area contributed by atoms with Crippen molar-refractivity contribution in [2.24, 2.45) is 5.90 Å². The van der Waals surface area contributed by atoms with Gasteiger partial charge in [0.05, 0.1) is 25.4 Å². The third-order valence-electron chi connectivity index (χ3n) is 1.61. The van der Waals surface area contributed by atoms with Crippen molar-refractivity contribution in [3.63, 3.8) is 0 Å². The van der Waals surface area contributed by atoms with E-state index in [-0.39, 0.29) is 13.2 Å². The first kappa shape index (κ1) is 10.8. The third-order valence-corrected chi connectivity index (χ3v) is 1.61. The molecule has 0 aliphatic heterocycles. The maximum atomic E-state index is 8.96. The van der Waals surface area contributed by atoms with Crippen LogP contribution in [0, 0.1) is 0 Å². The molecular formula is C6H16N2O3. The quantitative estimate of drug-likeness (QED) is 0.415. The topological polar surface area (TPSA) is 76.7 Å². The minimum atomic E-state index is -0.580. The van der Waals surface area contributed by atoms with E-state index in [1.54, 1.807) is 14.2 Å². The van der Waals surface area contributed by atoms with E-state index in [9.17, 15) is 0 Å². The Balaban J connectivity index is 3.96. The molecule has 0 amide bonds. The van der Waals surface area contributed by atoms with Gasteiger partial charge in [-0.2, -0.15) is 0 Å². The summed E-state index contributed by atoms with van der Waals surface area (Å²) in [6.07, 6.45) is 0. The fraction of sp³-hybridized carbons (Fsp3) is 1.00. The van der Waals surface area contributed by atoms with E-state index in [0.717, 1.165) is 0 Å². The Morgan fingerprint density at radius 3 is 2.45 bits per heavy atom. The lowest BCUT2D eigenvalue weighted by molar-refractivity contribution is -0.00470. The van der Waals surface area contributed by atoms with Crippen LogP contribution in [0.5, 0.6) is 0 Å². The van der Waals surface area contributed by atoms with Gasteiger partial charge in [0.1, 0.15) is 0 Å². The van der Waals surface area contributed by atoms with Gasteiger partial charge >= 0.3 is 0 Å². The Morgan fingerprint density at radius 2 is 2.18 bits per heavy atom. The Labute approximate surface area is 66.4 Å². The van der Waals surface area contributed by atoms with Gasteiger partial charge in [-0.15, -0.1) is 0 Å². The van der Waals surface area contributed by atoms with E-state index in [1.807, 2.05) is 0 Å². The van der Waals surface area contributed by atoms with E-state index in [0.29, 0.717) is 6.61 Å². The van der Waals surface area contributed by atoms with E-state index in [2.05, 4.69) is 10.2 Å². The maximum Gasteiger partial charge on any atom is 0.0906 e. The zero-order chi connectivity index (χ0) is 8.74. The zero-order valence-corrected chi connectivity index (χ0v) is 6.96. The monoisotopic (exact) mass is 164 g/mol. The third kappa shape index (κ3) is 3.13. The highest BCUT2D eigenvalue weighted by molar-refractivity contribution is 4.85. The van der Waals surface area contributed by atoms with E-state index < -0.39 is 5.54 Å². The number of hydrogen-bond acceptors (Lipinski definition) is 5. The summed E-state index contributed by atoms with van der Waals surface area (Å²) in [6, 6.07) is 0. The lowest BCUT2D eigenvalue weighted by Crippen LogP contribution is -2.54. The molecule has 5 heteroatoms. The lowest BCUT2D eigenvalue weighted by atomic mass is 10.0.